The maximum atomic E-state index is 13.9. The van der Waals surface area contributed by atoms with Crippen LogP contribution in [0.3, 0.4) is 0 Å². The minimum atomic E-state index is -0.619. The van der Waals surface area contributed by atoms with Gasteiger partial charge >= 0.3 is 0 Å². The van der Waals surface area contributed by atoms with Crippen LogP contribution in [0.25, 0.3) is 0 Å². The van der Waals surface area contributed by atoms with Gasteiger partial charge in [-0.3, -0.25) is 4.79 Å². The van der Waals surface area contributed by atoms with Crippen molar-refractivity contribution in [1.82, 2.24) is 10.6 Å². The van der Waals surface area contributed by atoms with Gasteiger partial charge in [-0.1, -0.05) is 6.07 Å². The highest BCUT2D eigenvalue weighted by atomic mass is 19.1. The maximum Gasteiger partial charge on any atom is 0.225 e. The van der Waals surface area contributed by atoms with Crippen molar-refractivity contribution in [2.75, 3.05) is 13.1 Å². The first-order chi connectivity index (χ1) is 9.61. The van der Waals surface area contributed by atoms with Crippen molar-refractivity contribution in [3.63, 3.8) is 0 Å². The first-order valence-electron chi connectivity index (χ1n) is 7.09. The topological polar surface area (TPSA) is 41.1 Å². The molecule has 1 amide bonds. The first-order valence-corrected chi connectivity index (χ1v) is 7.09. The van der Waals surface area contributed by atoms with E-state index >= 15 is 0 Å². The SMILES string of the molecule is O=C(NC1(c2ccc(F)cc2F)CC1)C1CCCNC1. The Kier molecular flexibility index (Phi) is 3.46. The fourth-order valence-corrected chi connectivity index (χ4v) is 2.88. The zero-order valence-corrected chi connectivity index (χ0v) is 11.2. The van der Waals surface area contributed by atoms with Crippen molar-refractivity contribution in [2.45, 2.75) is 31.2 Å². The highest BCUT2D eigenvalue weighted by molar-refractivity contribution is 5.80. The van der Waals surface area contributed by atoms with E-state index < -0.39 is 17.2 Å². The molecule has 1 saturated heterocycles. The molecule has 1 aliphatic carbocycles. The molecule has 3 rings (SSSR count). The molecule has 5 heteroatoms. The molecule has 1 atom stereocenters. The van der Waals surface area contributed by atoms with Gasteiger partial charge in [0.2, 0.25) is 5.91 Å². The summed E-state index contributed by atoms with van der Waals surface area (Å²) in [6, 6.07) is 3.56. The second-order valence-electron chi connectivity index (χ2n) is 5.74. The second kappa shape index (κ2) is 5.13. The van der Waals surface area contributed by atoms with Crippen LogP contribution in [0.2, 0.25) is 0 Å². The van der Waals surface area contributed by atoms with Crippen LogP contribution in [0.5, 0.6) is 0 Å². The van der Waals surface area contributed by atoms with Crippen LogP contribution in [0.4, 0.5) is 8.78 Å². The summed E-state index contributed by atoms with van der Waals surface area (Å²) >= 11 is 0. The molecule has 1 aromatic carbocycles. The summed E-state index contributed by atoms with van der Waals surface area (Å²) in [7, 11) is 0. The van der Waals surface area contributed by atoms with Gasteiger partial charge < -0.3 is 10.6 Å². The summed E-state index contributed by atoms with van der Waals surface area (Å²) in [6.07, 6.45) is 3.26. The van der Waals surface area contributed by atoms with Gasteiger partial charge in [0, 0.05) is 18.2 Å². The fraction of sp³-hybridized carbons (Fsp3) is 0.533. The molecule has 3 nitrogen and oxygen atoms in total. The van der Waals surface area contributed by atoms with E-state index in [2.05, 4.69) is 10.6 Å². The van der Waals surface area contributed by atoms with Gasteiger partial charge in [-0.2, -0.15) is 0 Å². The van der Waals surface area contributed by atoms with Crippen LogP contribution >= 0.6 is 0 Å². The number of carbonyl (C=O) groups is 1. The van der Waals surface area contributed by atoms with Crippen LogP contribution in [-0.4, -0.2) is 19.0 Å². The van der Waals surface area contributed by atoms with Gasteiger partial charge in [0.25, 0.3) is 0 Å². The molecule has 0 spiro atoms. The minimum absolute atomic E-state index is 0.0292. The monoisotopic (exact) mass is 280 g/mol. The minimum Gasteiger partial charge on any atom is -0.346 e. The Bertz CT molecular complexity index is 523. The molecule has 0 bridgehead atoms. The zero-order valence-electron chi connectivity index (χ0n) is 11.2. The molecule has 2 aliphatic rings. The summed E-state index contributed by atoms with van der Waals surface area (Å²) in [6.45, 7) is 1.62. The zero-order chi connectivity index (χ0) is 14.2. The van der Waals surface area contributed by atoms with Crippen LogP contribution < -0.4 is 10.6 Å². The lowest BCUT2D eigenvalue weighted by molar-refractivity contribution is -0.126. The normalized spacial score (nSPS) is 24.2. The Balaban J connectivity index is 1.74. The average Bonchev–Trinajstić information content (AvgIpc) is 3.20. The number of hydrogen-bond acceptors (Lipinski definition) is 2. The van der Waals surface area contributed by atoms with Crippen LogP contribution in [0, 0.1) is 17.6 Å². The average molecular weight is 280 g/mol. The van der Waals surface area contributed by atoms with Crippen molar-refractivity contribution in [2.24, 2.45) is 5.92 Å². The van der Waals surface area contributed by atoms with Crippen LogP contribution in [0.15, 0.2) is 18.2 Å². The van der Waals surface area contributed by atoms with Gasteiger partial charge in [0.1, 0.15) is 11.6 Å². The van der Waals surface area contributed by atoms with Crippen molar-refractivity contribution in [3.8, 4) is 0 Å². The summed E-state index contributed by atoms with van der Waals surface area (Å²) in [5.74, 6) is -1.25. The molecular weight excluding hydrogens is 262 g/mol. The lowest BCUT2D eigenvalue weighted by atomic mass is 9.97. The van der Waals surface area contributed by atoms with E-state index in [9.17, 15) is 13.6 Å². The highest BCUT2D eigenvalue weighted by Crippen LogP contribution is 2.46. The number of piperidine rings is 1. The molecule has 0 radical (unpaired) electrons. The number of benzene rings is 1. The molecule has 108 valence electrons. The third kappa shape index (κ3) is 2.54. The predicted molar refractivity (Wildman–Crippen MR) is 71.0 cm³/mol. The number of rotatable bonds is 3. The molecule has 1 heterocycles. The van der Waals surface area contributed by atoms with Gasteiger partial charge in [0.05, 0.1) is 11.5 Å². The van der Waals surface area contributed by atoms with E-state index in [1.807, 2.05) is 0 Å². The molecule has 2 N–H and O–H groups in total. The third-order valence-corrected chi connectivity index (χ3v) is 4.23. The van der Waals surface area contributed by atoms with Crippen molar-refractivity contribution in [1.29, 1.82) is 0 Å². The van der Waals surface area contributed by atoms with E-state index in [4.69, 9.17) is 0 Å². The second-order valence-corrected chi connectivity index (χ2v) is 5.74. The summed E-state index contributed by atoms with van der Waals surface area (Å²) < 4.78 is 26.8. The van der Waals surface area contributed by atoms with E-state index in [0.29, 0.717) is 24.9 Å². The van der Waals surface area contributed by atoms with Crippen molar-refractivity contribution < 1.29 is 13.6 Å². The van der Waals surface area contributed by atoms with Gasteiger partial charge in [-0.05, 0) is 38.3 Å². The Labute approximate surface area is 116 Å². The molecule has 0 aromatic heterocycles. The Hall–Kier alpha value is -1.49. The first kappa shape index (κ1) is 13.5. The number of carbonyl (C=O) groups excluding carboxylic acids is 1. The summed E-state index contributed by atoms with van der Waals surface area (Å²) in [5, 5.41) is 6.17. The summed E-state index contributed by atoms with van der Waals surface area (Å²) in [5.41, 5.74) is -0.220. The number of nitrogens with one attached hydrogen (secondary N) is 2. The smallest absolute Gasteiger partial charge is 0.225 e. The third-order valence-electron chi connectivity index (χ3n) is 4.23. The fourth-order valence-electron chi connectivity index (χ4n) is 2.88. The standard InChI is InChI=1S/C15H18F2N2O/c16-11-3-4-12(13(17)8-11)15(5-6-15)19-14(20)10-2-1-7-18-9-10/h3-4,8,10,18H,1-2,5-7,9H2,(H,19,20). The number of hydrogen-bond donors (Lipinski definition) is 2. The number of halogens is 2. The van der Waals surface area contributed by atoms with Crippen molar-refractivity contribution >= 4 is 5.91 Å². The van der Waals surface area contributed by atoms with E-state index in [1.54, 1.807) is 0 Å². The molecule has 1 saturated carbocycles. The van der Waals surface area contributed by atoms with E-state index in [0.717, 1.165) is 25.5 Å². The lowest BCUT2D eigenvalue weighted by Crippen LogP contribution is -2.44. The van der Waals surface area contributed by atoms with Crippen LogP contribution in [-0.2, 0) is 10.3 Å². The molecule has 20 heavy (non-hydrogen) atoms. The molecular formula is C15H18F2N2O. The highest BCUT2D eigenvalue weighted by Gasteiger charge is 2.48. The van der Waals surface area contributed by atoms with E-state index in [-0.39, 0.29) is 11.8 Å². The summed E-state index contributed by atoms with van der Waals surface area (Å²) in [4.78, 5) is 12.3. The molecule has 2 fully saturated rings. The molecule has 1 aromatic rings. The largest absolute Gasteiger partial charge is 0.346 e. The lowest BCUT2D eigenvalue weighted by Gasteiger charge is -2.26. The van der Waals surface area contributed by atoms with Gasteiger partial charge in [0.15, 0.2) is 0 Å². The van der Waals surface area contributed by atoms with Crippen LogP contribution in [0.1, 0.15) is 31.2 Å². The van der Waals surface area contributed by atoms with E-state index in [1.165, 1.54) is 12.1 Å². The maximum absolute atomic E-state index is 13.9. The number of amides is 1. The Morgan fingerprint density at radius 3 is 2.75 bits per heavy atom. The Morgan fingerprint density at radius 2 is 2.15 bits per heavy atom. The van der Waals surface area contributed by atoms with Gasteiger partial charge in [-0.25, -0.2) is 8.78 Å². The van der Waals surface area contributed by atoms with Crippen molar-refractivity contribution in [3.05, 3.63) is 35.4 Å². The molecule has 1 unspecified atom stereocenters. The Morgan fingerprint density at radius 1 is 1.35 bits per heavy atom. The predicted octanol–water partition coefficient (Wildman–Crippen LogP) is 2.07. The quantitative estimate of drug-likeness (QED) is 0.890. The van der Waals surface area contributed by atoms with Gasteiger partial charge in [-0.15, -0.1) is 0 Å². The molecule has 1 aliphatic heterocycles.